The molecule has 2 atom stereocenters. The van der Waals surface area contributed by atoms with Crippen LogP contribution in [0.25, 0.3) is 0 Å². The summed E-state index contributed by atoms with van der Waals surface area (Å²) in [6.07, 6.45) is -0.684. The first-order valence-electron chi connectivity index (χ1n) is 7.80. The van der Waals surface area contributed by atoms with Crippen molar-refractivity contribution in [2.45, 2.75) is 52.7 Å². The van der Waals surface area contributed by atoms with Crippen molar-refractivity contribution in [1.82, 2.24) is 4.90 Å². The van der Waals surface area contributed by atoms with E-state index in [-0.39, 0.29) is 5.91 Å². The zero-order valence-electron chi connectivity index (χ0n) is 15.0. The number of rotatable bonds is 6. The number of esters is 1. The molecule has 1 rings (SSSR count). The Bertz CT molecular complexity index is 568. The fraction of sp³-hybridized carbons (Fsp3) is 0.556. The number of nitrogens with zero attached hydrogens (tertiary/aromatic N) is 1. The number of ether oxygens (including phenoxy) is 2. The number of likely N-dealkylation sites (N-methyl/N-ethyl adjacent to an activating group) is 1. The summed E-state index contributed by atoms with van der Waals surface area (Å²) < 4.78 is 10.4. The van der Waals surface area contributed by atoms with E-state index in [1.165, 1.54) is 17.6 Å². The van der Waals surface area contributed by atoms with E-state index >= 15 is 0 Å². The van der Waals surface area contributed by atoms with Crippen molar-refractivity contribution in [3.8, 4) is 5.75 Å². The van der Waals surface area contributed by atoms with E-state index in [1.54, 1.807) is 20.9 Å². The van der Waals surface area contributed by atoms with Crippen LogP contribution in [0.3, 0.4) is 0 Å². The number of hydrogen-bond acceptors (Lipinski definition) is 4. The molecule has 0 aliphatic heterocycles. The SMILES string of the molecule is COC(=O)[C@H](C)N(C)C(=O)[C@H](C)Oc1ccc(C(C)C)c(C)c1. The molecule has 0 aliphatic rings. The smallest absolute Gasteiger partial charge is 0.328 e. The molecule has 0 bridgehead atoms. The molecule has 0 heterocycles. The van der Waals surface area contributed by atoms with Crippen molar-refractivity contribution in [3.63, 3.8) is 0 Å². The first kappa shape index (κ1) is 19.0. The Balaban J connectivity index is 2.79. The zero-order chi connectivity index (χ0) is 17.7. The maximum atomic E-state index is 12.4. The van der Waals surface area contributed by atoms with Crippen LogP contribution in [0.1, 0.15) is 44.7 Å². The average Bonchev–Trinajstić information content (AvgIpc) is 2.51. The largest absolute Gasteiger partial charge is 0.481 e. The van der Waals surface area contributed by atoms with Gasteiger partial charge in [0.25, 0.3) is 5.91 Å². The van der Waals surface area contributed by atoms with Crippen LogP contribution >= 0.6 is 0 Å². The highest BCUT2D eigenvalue weighted by atomic mass is 16.5. The first-order chi connectivity index (χ1) is 10.7. The normalized spacial score (nSPS) is 13.4. The Kier molecular flexibility index (Phi) is 6.61. The van der Waals surface area contributed by atoms with Gasteiger partial charge in [-0.2, -0.15) is 0 Å². The van der Waals surface area contributed by atoms with E-state index in [0.717, 1.165) is 5.56 Å². The minimum Gasteiger partial charge on any atom is -0.481 e. The van der Waals surface area contributed by atoms with Gasteiger partial charge in [0, 0.05) is 7.05 Å². The molecular weight excluding hydrogens is 294 g/mol. The average molecular weight is 321 g/mol. The number of methoxy groups -OCH3 is 1. The lowest BCUT2D eigenvalue weighted by atomic mass is 9.98. The van der Waals surface area contributed by atoms with Crippen LogP contribution in [0.2, 0.25) is 0 Å². The van der Waals surface area contributed by atoms with Gasteiger partial charge in [0.1, 0.15) is 11.8 Å². The monoisotopic (exact) mass is 321 g/mol. The third-order valence-corrected chi connectivity index (χ3v) is 3.99. The standard InChI is InChI=1S/C18H27NO4/c1-11(2)16-9-8-15(10-12(16)3)23-14(5)17(20)19(6)13(4)18(21)22-7/h8-11,13-14H,1-7H3/t13-,14-/m0/s1. The molecule has 0 saturated carbocycles. The summed E-state index contributed by atoms with van der Waals surface area (Å²) in [6.45, 7) is 9.60. The molecule has 0 N–H and O–H groups in total. The van der Waals surface area contributed by atoms with Gasteiger partial charge < -0.3 is 14.4 Å². The van der Waals surface area contributed by atoms with Crippen LogP contribution in [0, 0.1) is 6.92 Å². The first-order valence-corrected chi connectivity index (χ1v) is 7.80. The number of hydrogen-bond donors (Lipinski definition) is 0. The van der Waals surface area contributed by atoms with Crippen molar-refractivity contribution in [3.05, 3.63) is 29.3 Å². The van der Waals surface area contributed by atoms with Crippen LogP contribution in [0.4, 0.5) is 0 Å². The molecule has 0 aliphatic carbocycles. The van der Waals surface area contributed by atoms with Gasteiger partial charge in [-0.25, -0.2) is 4.79 Å². The van der Waals surface area contributed by atoms with Crippen molar-refractivity contribution < 1.29 is 19.1 Å². The van der Waals surface area contributed by atoms with Gasteiger partial charge in [0.2, 0.25) is 0 Å². The molecule has 23 heavy (non-hydrogen) atoms. The number of amides is 1. The van der Waals surface area contributed by atoms with Gasteiger partial charge in [0.05, 0.1) is 7.11 Å². The van der Waals surface area contributed by atoms with E-state index in [0.29, 0.717) is 11.7 Å². The molecule has 0 spiro atoms. The third kappa shape index (κ3) is 4.71. The lowest BCUT2D eigenvalue weighted by molar-refractivity contribution is -0.153. The van der Waals surface area contributed by atoms with Crippen LogP contribution in [0.5, 0.6) is 5.75 Å². The predicted molar refractivity (Wildman–Crippen MR) is 89.6 cm³/mol. The predicted octanol–water partition coefficient (Wildman–Crippen LogP) is 2.91. The molecule has 5 nitrogen and oxygen atoms in total. The van der Waals surface area contributed by atoms with E-state index < -0.39 is 18.1 Å². The van der Waals surface area contributed by atoms with Gasteiger partial charge in [-0.3, -0.25) is 4.79 Å². The molecule has 0 radical (unpaired) electrons. The number of carbonyl (C=O) groups is 2. The molecule has 1 aromatic rings. The van der Waals surface area contributed by atoms with Crippen molar-refractivity contribution in [2.75, 3.05) is 14.2 Å². The lowest BCUT2D eigenvalue weighted by Gasteiger charge is -2.26. The fourth-order valence-electron chi connectivity index (χ4n) is 2.43. The van der Waals surface area contributed by atoms with Gasteiger partial charge >= 0.3 is 5.97 Å². The van der Waals surface area contributed by atoms with Crippen molar-refractivity contribution >= 4 is 11.9 Å². The highest BCUT2D eigenvalue weighted by Crippen LogP contribution is 2.24. The summed E-state index contributed by atoms with van der Waals surface area (Å²) >= 11 is 0. The van der Waals surface area contributed by atoms with E-state index in [2.05, 4.69) is 18.6 Å². The van der Waals surface area contributed by atoms with Gasteiger partial charge in [-0.15, -0.1) is 0 Å². The van der Waals surface area contributed by atoms with Crippen LogP contribution in [-0.2, 0) is 14.3 Å². The van der Waals surface area contributed by atoms with Crippen LogP contribution in [-0.4, -0.2) is 43.1 Å². The van der Waals surface area contributed by atoms with E-state index in [9.17, 15) is 9.59 Å². The number of carbonyl (C=O) groups excluding carboxylic acids is 2. The number of benzene rings is 1. The maximum Gasteiger partial charge on any atom is 0.328 e. The second-order valence-electron chi connectivity index (χ2n) is 6.08. The second-order valence-corrected chi connectivity index (χ2v) is 6.08. The lowest BCUT2D eigenvalue weighted by Crippen LogP contribution is -2.46. The third-order valence-electron chi connectivity index (χ3n) is 3.99. The molecular formula is C18H27NO4. The Morgan fingerprint density at radius 2 is 1.74 bits per heavy atom. The fourth-order valence-corrected chi connectivity index (χ4v) is 2.43. The Hall–Kier alpha value is -2.04. The van der Waals surface area contributed by atoms with Crippen molar-refractivity contribution in [2.24, 2.45) is 0 Å². The molecule has 0 aromatic heterocycles. The minimum absolute atomic E-state index is 0.270. The van der Waals surface area contributed by atoms with Gasteiger partial charge in [0.15, 0.2) is 6.10 Å². The summed E-state index contributed by atoms with van der Waals surface area (Å²) in [5.74, 6) is 0.362. The Labute approximate surface area is 138 Å². The summed E-state index contributed by atoms with van der Waals surface area (Å²) in [4.78, 5) is 25.2. The van der Waals surface area contributed by atoms with Crippen molar-refractivity contribution in [1.29, 1.82) is 0 Å². The number of aryl methyl sites for hydroxylation is 1. The molecule has 0 fully saturated rings. The summed E-state index contributed by atoms with van der Waals surface area (Å²) in [5, 5.41) is 0. The quantitative estimate of drug-likeness (QED) is 0.756. The second kappa shape index (κ2) is 7.99. The summed E-state index contributed by atoms with van der Waals surface area (Å²) in [5.41, 5.74) is 2.39. The summed E-state index contributed by atoms with van der Waals surface area (Å²) in [7, 11) is 2.87. The van der Waals surface area contributed by atoms with E-state index in [4.69, 9.17) is 4.74 Å². The van der Waals surface area contributed by atoms with Gasteiger partial charge in [-0.1, -0.05) is 19.9 Å². The van der Waals surface area contributed by atoms with Gasteiger partial charge in [-0.05, 0) is 49.9 Å². The van der Waals surface area contributed by atoms with E-state index in [1.807, 2.05) is 25.1 Å². The highest BCUT2D eigenvalue weighted by Gasteiger charge is 2.27. The minimum atomic E-state index is -0.684. The summed E-state index contributed by atoms with van der Waals surface area (Å²) in [6, 6.07) is 5.18. The maximum absolute atomic E-state index is 12.4. The molecule has 0 unspecified atom stereocenters. The van der Waals surface area contributed by atoms with Crippen LogP contribution in [0.15, 0.2) is 18.2 Å². The highest BCUT2D eigenvalue weighted by molar-refractivity contribution is 5.86. The Morgan fingerprint density at radius 3 is 2.22 bits per heavy atom. The molecule has 1 amide bonds. The molecule has 128 valence electrons. The molecule has 1 aromatic carbocycles. The Morgan fingerprint density at radius 1 is 1.13 bits per heavy atom. The van der Waals surface area contributed by atoms with Crippen LogP contribution < -0.4 is 4.74 Å². The zero-order valence-corrected chi connectivity index (χ0v) is 15.0. The molecule has 5 heteroatoms. The topological polar surface area (TPSA) is 55.8 Å². The molecule has 0 saturated heterocycles.